The van der Waals surface area contributed by atoms with Gasteiger partial charge in [0, 0.05) is 32.0 Å². The molecule has 0 heterocycles. The molecule has 5 nitrogen and oxygen atoms in total. The normalized spacial score (nSPS) is 9.90. The molecule has 0 fully saturated rings. The highest BCUT2D eigenvalue weighted by molar-refractivity contribution is 5.89. The molecule has 0 saturated heterocycles. The van der Waals surface area contributed by atoms with Crippen molar-refractivity contribution in [2.45, 2.75) is 13.3 Å². The van der Waals surface area contributed by atoms with Crippen molar-refractivity contribution in [3.63, 3.8) is 0 Å². The molecule has 1 rings (SSSR count). The molecule has 1 aromatic rings. The number of carbonyl (C=O) groups excluding carboxylic acids is 1. The van der Waals surface area contributed by atoms with Crippen LogP contribution in [-0.2, 0) is 4.74 Å². The van der Waals surface area contributed by atoms with Crippen molar-refractivity contribution in [3.8, 4) is 5.75 Å². The van der Waals surface area contributed by atoms with E-state index in [0.717, 1.165) is 12.0 Å². The van der Waals surface area contributed by atoms with Crippen LogP contribution in [0.3, 0.4) is 0 Å². The first-order valence-electron chi connectivity index (χ1n) is 6.53. The summed E-state index contributed by atoms with van der Waals surface area (Å²) >= 11 is 0. The van der Waals surface area contributed by atoms with Crippen LogP contribution in [0.4, 0.5) is 10.5 Å². The molecule has 0 unspecified atom stereocenters. The Morgan fingerprint density at radius 2 is 2.20 bits per heavy atom. The fourth-order valence-corrected chi connectivity index (χ4v) is 1.46. The van der Waals surface area contributed by atoms with Gasteiger partial charge >= 0.3 is 6.03 Å². The van der Waals surface area contributed by atoms with Gasteiger partial charge in [-0.05, 0) is 31.1 Å². The van der Waals surface area contributed by atoms with Gasteiger partial charge < -0.3 is 20.1 Å². The van der Waals surface area contributed by atoms with Gasteiger partial charge in [-0.15, -0.1) is 0 Å². The van der Waals surface area contributed by atoms with Crippen LogP contribution in [0.15, 0.2) is 36.4 Å². The predicted molar refractivity (Wildman–Crippen MR) is 80.3 cm³/mol. The molecule has 2 amide bonds. The lowest BCUT2D eigenvalue weighted by molar-refractivity contribution is 0.194. The van der Waals surface area contributed by atoms with Crippen LogP contribution < -0.4 is 15.4 Å². The molecule has 5 heteroatoms. The first kappa shape index (κ1) is 16.0. The molecule has 0 saturated carbocycles. The summed E-state index contributed by atoms with van der Waals surface area (Å²) < 4.78 is 10.4. The zero-order chi connectivity index (χ0) is 14.8. The number of ether oxygens (including phenoxy) is 2. The van der Waals surface area contributed by atoms with Crippen molar-refractivity contribution in [2.24, 2.45) is 0 Å². The molecule has 0 radical (unpaired) electrons. The Balaban J connectivity index is 2.40. The minimum atomic E-state index is -0.238. The second kappa shape index (κ2) is 8.98. The van der Waals surface area contributed by atoms with Crippen LogP contribution in [0, 0.1) is 0 Å². The topological polar surface area (TPSA) is 59.6 Å². The van der Waals surface area contributed by atoms with Crippen LogP contribution >= 0.6 is 0 Å². The smallest absolute Gasteiger partial charge is 0.319 e. The van der Waals surface area contributed by atoms with Crippen molar-refractivity contribution in [3.05, 3.63) is 36.4 Å². The first-order chi connectivity index (χ1) is 9.61. The molecule has 0 bridgehead atoms. The third-order valence-corrected chi connectivity index (χ3v) is 2.39. The molecule has 20 heavy (non-hydrogen) atoms. The van der Waals surface area contributed by atoms with Gasteiger partial charge in [0.15, 0.2) is 0 Å². The SMILES string of the molecule is C=C(C)COc1cccc(NC(=O)NCCCOC)c1. The highest BCUT2D eigenvalue weighted by atomic mass is 16.5. The lowest BCUT2D eigenvalue weighted by Gasteiger charge is -2.10. The predicted octanol–water partition coefficient (Wildman–Crippen LogP) is 2.80. The Hall–Kier alpha value is -2.01. The number of carbonyl (C=O) groups is 1. The van der Waals surface area contributed by atoms with E-state index in [1.165, 1.54) is 0 Å². The van der Waals surface area contributed by atoms with Gasteiger partial charge in [0.25, 0.3) is 0 Å². The maximum atomic E-state index is 11.6. The Morgan fingerprint density at radius 1 is 1.40 bits per heavy atom. The van der Waals surface area contributed by atoms with E-state index in [1.807, 2.05) is 25.1 Å². The molecule has 0 aliphatic heterocycles. The molecule has 1 aromatic carbocycles. The first-order valence-corrected chi connectivity index (χ1v) is 6.53. The Bertz CT molecular complexity index is 446. The lowest BCUT2D eigenvalue weighted by Crippen LogP contribution is -2.30. The summed E-state index contributed by atoms with van der Waals surface area (Å²) in [6, 6.07) is 7.01. The van der Waals surface area contributed by atoms with Crippen molar-refractivity contribution in [1.82, 2.24) is 5.32 Å². The molecule has 0 aromatic heterocycles. The van der Waals surface area contributed by atoms with Crippen LogP contribution in [0.1, 0.15) is 13.3 Å². The van der Waals surface area contributed by atoms with E-state index in [1.54, 1.807) is 13.2 Å². The number of methoxy groups -OCH3 is 1. The summed E-state index contributed by atoms with van der Waals surface area (Å²) in [5.41, 5.74) is 1.63. The molecule has 0 aliphatic carbocycles. The fourth-order valence-electron chi connectivity index (χ4n) is 1.46. The van der Waals surface area contributed by atoms with E-state index in [-0.39, 0.29) is 6.03 Å². The Kier molecular flexibility index (Phi) is 7.21. The zero-order valence-corrected chi connectivity index (χ0v) is 12.1. The number of urea groups is 1. The minimum Gasteiger partial charge on any atom is -0.489 e. The molecular formula is C15H22N2O3. The number of rotatable bonds is 8. The second-order valence-electron chi connectivity index (χ2n) is 4.50. The third kappa shape index (κ3) is 6.80. The number of hydrogen-bond acceptors (Lipinski definition) is 3. The Labute approximate surface area is 120 Å². The van der Waals surface area contributed by atoms with Gasteiger partial charge in [-0.3, -0.25) is 0 Å². The Morgan fingerprint density at radius 3 is 2.90 bits per heavy atom. The average molecular weight is 278 g/mol. The monoisotopic (exact) mass is 278 g/mol. The van der Waals surface area contributed by atoms with E-state index in [4.69, 9.17) is 9.47 Å². The summed E-state index contributed by atoms with van der Waals surface area (Å²) in [6.45, 7) is 7.34. The van der Waals surface area contributed by atoms with Gasteiger partial charge in [-0.1, -0.05) is 12.6 Å². The van der Waals surface area contributed by atoms with Crippen LogP contribution in [-0.4, -0.2) is 32.9 Å². The van der Waals surface area contributed by atoms with Gasteiger partial charge in [-0.25, -0.2) is 4.79 Å². The van der Waals surface area contributed by atoms with Crippen molar-refractivity contribution in [1.29, 1.82) is 0 Å². The summed E-state index contributed by atoms with van der Waals surface area (Å²) in [4.78, 5) is 11.6. The molecule has 0 aliphatic rings. The maximum absolute atomic E-state index is 11.6. The van der Waals surface area contributed by atoms with E-state index in [2.05, 4.69) is 17.2 Å². The van der Waals surface area contributed by atoms with Gasteiger partial charge in [0.1, 0.15) is 12.4 Å². The van der Waals surface area contributed by atoms with E-state index in [0.29, 0.717) is 31.2 Å². The van der Waals surface area contributed by atoms with Crippen molar-refractivity contribution >= 4 is 11.7 Å². The number of hydrogen-bond donors (Lipinski definition) is 2. The summed E-state index contributed by atoms with van der Waals surface area (Å²) in [5, 5.41) is 5.50. The molecule has 0 spiro atoms. The van der Waals surface area contributed by atoms with Gasteiger partial charge in [0.05, 0.1) is 0 Å². The second-order valence-corrected chi connectivity index (χ2v) is 4.50. The number of amides is 2. The average Bonchev–Trinajstić information content (AvgIpc) is 2.42. The lowest BCUT2D eigenvalue weighted by atomic mass is 10.3. The highest BCUT2D eigenvalue weighted by Crippen LogP contribution is 2.17. The molecule has 2 N–H and O–H groups in total. The van der Waals surface area contributed by atoms with Crippen LogP contribution in [0.5, 0.6) is 5.75 Å². The highest BCUT2D eigenvalue weighted by Gasteiger charge is 2.02. The summed E-state index contributed by atoms with van der Waals surface area (Å²) in [6.07, 6.45) is 0.783. The van der Waals surface area contributed by atoms with Gasteiger partial charge in [-0.2, -0.15) is 0 Å². The van der Waals surface area contributed by atoms with Crippen molar-refractivity contribution in [2.75, 3.05) is 32.2 Å². The van der Waals surface area contributed by atoms with Gasteiger partial charge in [0.2, 0.25) is 0 Å². The fraction of sp³-hybridized carbons (Fsp3) is 0.400. The van der Waals surface area contributed by atoms with E-state index in [9.17, 15) is 4.79 Å². The van der Waals surface area contributed by atoms with Crippen LogP contribution in [0.2, 0.25) is 0 Å². The van der Waals surface area contributed by atoms with E-state index >= 15 is 0 Å². The quantitative estimate of drug-likeness (QED) is 0.568. The standard InChI is InChI=1S/C15H22N2O3/c1-12(2)11-20-14-7-4-6-13(10-14)17-15(18)16-8-5-9-19-3/h4,6-7,10H,1,5,8-9,11H2,2-3H3,(H2,16,17,18). The van der Waals surface area contributed by atoms with Crippen molar-refractivity contribution < 1.29 is 14.3 Å². The summed E-state index contributed by atoms with van der Waals surface area (Å²) in [5.74, 6) is 0.699. The molecular weight excluding hydrogens is 256 g/mol. The number of nitrogens with one attached hydrogen (secondary N) is 2. The minimum absolute atomic E-state index is 0.238. The molecule has 110 valence electrons. The zero-order valence-electron chi connectivity index (χ0n) is 12.1. The number of anilines is 1. The number of benzene rings is 1. The maximum Gasteiger partial charge on any atom is 0.319 e. The summed E-state index contributed by atoms with van der Waals surface area (Å²) in [7, 11) is 1.64. The third-order valence-electron chi connectivity index (χ3n) is 2.39. The van der Waals surface area contributed by atoms with E-state index < -0.39 is 0 Å². The largest absolute Gasteiger partial charge is 0.489 e. The molecule has 0 atom stereocenters. The van der Waals surface area contributed by atoms with Crippen LogP contribution in [0.25, 0.3) is 0 Å².